The Kier molecular flexibility index (Phi) is 3.68. The molecule has 1 aliphatic heterocycles. The summed E-state index contributed by atoms with van der Waals surface area (Å²) >= 11 is 5.01. The van der Waals surface area contributed by atoms with E-state index >= 15 is 0 Å². The second kappa shape index (κ2) is 5.03. The smallest absolute Gasteiger partial charge is 0.186 e. The molecule has 20 heavy (non-hydrogen) atoms. The Morgan fingerprint density at radius 3 is 2.30 bits per heavy atom. The van der Waals surface area contributed by atoms with Gasteiger partial charge < -0.3 is 14.3 Å². The minimum Gasteiger partial charge on any atom is -0.342 e. The van der Waals surface area contributed by atoms with Gasteiger partial charge in [-0.2, -0.15) is 0 Å². The lowest BCUT2D eigenvalue weighted by Gasteiger charge is -2.62. The Labute approximate surface area is 147 Å². The summed E-state index contributed by atoms with van der Waals surface area (Å²) in [5.41, 5.74) is 0. The van der Waals surface area contributed by atoms with Crippen molar-refractivity contribution in [3.63, 3.8) is 0 Å². The van der Waals surface area contributed by atoms with Crippen LogP contribution in [0.5, 0.6) is 0 Å². The van der Waals surface area contributed by atoms with E-state index in [1.165, 1.54) is 32.1 Å². The first-order chi connectivity index (χ1) is 9.60. The Morgan fingerprint density at radius 1 is 1.10 bits per heavy atom. The van der Waals surface area contributed by atoms with Gasteiger partial charge in [0.25, 0.3) is 0 Å². The highest BCUT2D eigenvalue weighted by Crippen LogP contribution is 2.67. The van der Waals surface area contributed by atoms with Crippen LogP contribution in [-0.4, -0.2) is 32.1 Å². The van der Waals surface area contributed by atoms with Crippen molar-refractivity contribution in [2.24, 2.45) is 17.8 Å². The van der Waals surface area contributed by atoms with Crippen LogP contribution in [0.3, 0.4) is 0 Å². The topological polar surface area (TPSA) is 35.5 Å². The van der Waals surface area contributed by atoms with Gasteiger partial charge in [-0.15, -0.1) is 0 Å². The highest BCUT2D eigenvalue weighted by atomic mass is 127. The van der Waals surface area contributed by atoms with Crippen LogP contribution in [0.25, 0.3) is 0 Å². The van der Waals surface area contributed by atoms with Gasteiger partial charge in [0.15, 0.2) is 5.79 Å². The molecule has 5 rings (SSSR count). The van der Waals surface area contributed by atoms with Crippen LogP contribution < -0.4 is 0 Å². The number of carbonyl (C=O) groups excluding carboxylic acids is 1. The van der Waals surface area contributed by atoms with Crippen LogP contribution >= 0.6 is 45.2 Å². The van der Waals surface area contributed by atoms with Gasteiger partial charge in [0, 0.05) is 16.8 Å². The fraction of sp³-hybridized carbons (Fsp3) is 0.933. The Bertz CT molecular complexity index is 415. The molecule has 1 saturated heterocycles. The van der Waals surface area contributed by atoms with E-state index in [0.717, 1.165) is 22.5 Å². The van der Waals surface area contributed by atoms with Crippen LogP contribution in [0.2, 0.25) is 0 Å². The molecule has 0 aromatic carbocycles. The first kappa shape index (κ1) is 14.6. The Morgan fingerprint density at radius 2 is 1.75 bits per heavy atom. The van der Waals surface area contributed by atoms with Crippen molar-refractivity contribution in [3.05, 3.63) is 0 Å². The zero-order valence-electron chi connectivity index (χ0n) is 11.4. The van der Waals surface area contributed by atoms with E-state index in [2.05, 4.69) is 45.2 Å². The molecule has 4 saturated carbocycles. The van der Waals surface area contributed by atoms with Gasteiger partial charge in [-0.05, 0) is 43.9 Å². The van der Waals surface area contributed by atoms with Crippen molar-refractivity contribution in [1.82, 2.24) is 0 Å². The number of rotatable bonds is 3. The van der Waals surface area contributed by atoms with Gasteiger partial charge >= 0.3 is 0 Å². The third-order valence-corrected chi connectivity index (χ3v) is 8.34. The zero-order chi connectivity index (χ0) is 14.0. The van der Waals surface area contributed by atoms with Gasteiger partial charge in [0.05, 0.1) is 15.6 Å². The molecule has 3 nitrogen and oxygen atoms in total. The molecule has 0 radical (unpaired) electrons. The summed E-state index contributed by atoms with van der Waals surface area (Å²) in [6.07, 6.45) is 7.95. The monoisotopic (exact) mass is 502 g/mol. The first-order valence-corrected chi connectivity index (χ1v) is 10.2. The number of carbonyl (C=O) groups is 1. The quantitative estimate of drug-likeness (QED) is 0.337. The molecule has 5 heteroatoms. The molecule has 1 heterocycles. The average Bonchev–Trinajstić information content (AvgIpc) is 2.76. The molecular formula is C15H20I2O3. The fourth-order valence-electron chi connectivity index (χ4n) is 5.32. The molecule has 3 unspecified atom stereocenters. The Hall–Kier alpha value is 1.05. The van der Waals surface area contributed by atoms with Crippen molar-refractivity contribution < 1.29 is 14.3 Å². The van der Waals surface area contributed by atoms with Crippen LogP contribution in [0.15, 0.2) is 0 Å². The lowest BCUT2D eigenvalue weighted by Crippen LogP contribution is -2.66. The van der Waals surface area contributed by atoms with Crippen molar-refractivity contribution in [3.8, 4) is 0 Å². The maximum atomic E-state index is 10.9. The minimum atomic E-state index is -0.398. The average molecular weight is 502 g/mol. The molecule has 1 spiro atoms. The predicted molar refractivity (Wildman–Crippen MR) is 92.4 cm³/mol. The third kappa shape index (κ3) is 1.91. The molecule has 5 aliphatic rings. The van der Waals surface area contributed by atoms with Gasteiger partial charge in [-0.25, -0.2) is 0 Å². The van der Waals surface area contributed by atoms with E-state index in [1.54, 1.807) is 0 Å². The molecule has 7 atom stereocenters. The van der Waals surface area contributed by atoms with Gasteiger partial charge in [0.2, 0.25) is 0 Å². The van der Waals surface area contributed by atoms with Gasteiger partial charge in [-0.3, -0.25) is 0 Å². The SMILES string of the molecule is O=CC[C@@H]1OC2(O[C@@H]1CI)C1C[C@@H]3C[C@H](C1)CC2(I)C3. The second-order valence-corrected chi connectivity index (χ2v) is 9.99. The standard InChI is InChI=1S/C15H20I2O3/c16-8-13-12(1-2-18)19-15(20-13)11-4-9-3-10(5-11)7-14(15,17)6-9/h2,9-13H,1,3-8H2/t9-,10+,11?,12-,13+,14?,15?/m0/s1. The molecule has 0 N–H and O–H groups in total. The lowest BCUT2D eigenvalue weighted by molar-refractivity contribution is -0.279. The van der Waals surface area contributed by atoms with Crippen molar-refractivity contribution in [2.45, 2.75) is 59.9 Å². The largest absolute Gasteiger partial charge is 0.342 e. The number of alkyl halides is 2. The molecule has 0 amide bonds. The highest BCUT2D eigenvalue weighted by molar-refractivity contribution is 14.1. The van der Waals surface area contributed by atoms with Gasteiger partial charge in [0.1, 0.15) is 6.29 Å². The van der Waals surface area contributed by atoms with Crippen LogP contribution in [0, 0.1) is 17.8 Å². The number of aldehydes is 1. The molecule has 5 fully saturated rings. The number of ether oxygens (including phenoxy) is 2. The fourth-order valence-corrected chi connectivity index (χ4v) is 8.00. The molecule has 4 bridgehead atoms. The summed E-state index contributed by atoms with van der Waals surface area (Å²) in [7, 11) is 0. The van der Waals surface area contributed by atoms with E-state index in [-0.39, 0.29) is 15.6 Å². The van der Waals surface area contributed by atoms with E-state index in [1.807, 2.05) is 0 Å². The molecular weight excluding hydrogens is 482 g/mol. The van der Waals surface area contributed by atoms with Crippen LogP contribution in [0.1, 0.15) is 38.5 Å². The van der Waals surface area contributed by atoms with E-state index in [9.17, 15) is 4.79 Å². The van der Waals surface area contributed by atoms with Crippen LogP contribution in [0.4, 0.5) is 0 Å². The van der Waals surface area contributed by atoms with Crippen molar-refractivity contribution in [1.29, 1.82) is 0 Å². The maximum absolute atomic E-state index is 10.9. The molecule has 0 aromatic rings. The summed E-state index contributed by atoms with van der Waals surface area (Å²) < 4.78 is 14.1. The van der Waals surface area contributed by atoms with Crippen molar-refractivity contribution in [2.75, 3.05) is 4.43 Å². The Balaban J connectivity index is 1.68. The summed E-state index contributed by atoms with van der Waals surface area (Å²) in [5.74, 6) is 1.91. The summed E-state index contributed by atoms with van der Waals surface area (Å²) in [6.45, 7) is 0. The molecule has 0 aromatic heterocycles. The molecule has 112 valence electrons. The van der Waals surface area contributed by atoms with E-state index < -0.39 is 5.79 Å². The summed E-state index contributed by atoms with van der Waals surface area (Å²) in [5, 5.41) is 0. The highest BCUT2D eigenvalue weighted by Gasteiger charge is 2.70. The molecule has 4 aliphatic carbocycles. The summed E-state index contributed by atoms with van der Waals surface area (Å²) in [6, 6.07) is 0. The maximum Gasteiger partial charge on any atom is 0.186 e. The normalized spacial score (nSPS) is 56.6. The predicted octanol–water partition coefficient (Wildman–Crippen LogP) is 3.50. The van der Waals surface area contributed by atoms with Gasteiger partial charge in [-0.1, -0.05) is 45.2 Å². The minimum absolute atomic E-state index is 0.0337. The summed E-state index contributed by atoms with van der Waals surface area (Å²) in [4.78, 5) is 10.9. The lowest BCUT2D eigenvalue weighted by atomic mass is 9.53. The van der Waals surface area contributed by atoms with Crippen LogP contribution in [-0.2, 0) is 14.3 Å². The van der Waals surface area contributed by atoms with E-state index in [4.69, 9.17) is 9.47 Å². The second-order valence-electron chi connectivity index (χ2n) is 7.05. The number of halogens is 2. The number of hydrogen-bond donors (Lipinski definition) is 0. The zero-order valence-corrected chi connectivity index (χ0v) is 15.7. The third-order valence-electron chi connectivity index (χ3n) is 5.84. The first-order valence-electron chi connectivity index (χ1n) is 7.64. The number of hydrogen-bond acceptors (Lipinski definition) is 3. The van der Waals surface area contributed by atoms with E-state index in [0.29, 0.717) is 12.3 Å². The van der Waals surface area contributed by atoms with Crippen molar-refractivity contribution >= 4 is 51.5 Å².